The molecule has 27 heavy (non-hydrogen) atoms. The maximum Gasteiger partial charge on any atom is 0.241 e. The summed E-state index contributed by atoms with van der Waals surface area (Å²) >= 11 is 1.67. The van der Waals surface area contributed by atoms with Gasteiger partial charge >= 0.3 is 0 Å². The highest BCUT2D eigenvalue weighted by Crippen LogP contribution is 2.34. The molecule has 2 heterocycles. The largest absolute Gasteiger partial charge is 0.454 e. The van der Waals surface area contributed by atoms with E-state index in [-0.39, 0.29) is 24.8 Å². The molecule has 138 valence electrons. The molecule has 6 heteroatoms. The fourth-order valence-corrected chi connectivity index (χ4v) is 3.81. The van der Waals surface area contributed by atoms with Crippen LogP contribution in [0.5, 0.6) is 11.5 Å². The number of rotatable bonds is 6. The Hall–Kier alpha value is -2.83. The minimum atomic E-state index is -0.386. The zero-order valence-corrected chi connectivity index (χ0v) is 15.7. The fraction of sp³-hybridized carbons (Fsp3) is 0.190. The smallest absolute Gasteiger partial charge is 0.241 e. The molecule has 0 unspecified atom stereocenters. The van der Waals surface area contributed by atoms with Gasteiger partial charge in [0.15, 0.2) is 11.5 Å². The first-order valence-corrected chi connectivity index (χ1v) is 9.63. The summed E-state index contributed by atoms with van der Waals surface area (Å²) in [5, 5.41) is 8.44. The minimum absolute atomic E-state index is 0.0382. The van der Waals surface area contributed by atoms with Crippen LogP contribution in [0.2, 0.25) is 0 Å². The zero-order chi connectivity index (χ0) is 18.6. The molecule has 3 aromatic rings. The number of hydrogen-bond donors (Lipinski definition) is 2. The molecule has 4 rings (SSSR count). The lowest BCUT2D eigenvalue weighted by Gasteiger charge is -2.22. The number of anilines is 1. The van der Waals surface area contributed by atoms with E-state index in [1.165, 1.54) is 4.88 Å². The number of ether oxygens (including phenoxy) is 2. The van der Waals surface area contributed by atoms with Gasteiger partial charge in [-0.1, -0.05) is 36.4 Å². The number of nitrogens with one attached hydrogen (secondary N) is 2. The monoisotopic (exact) mass is 380 g/mol. The van der Waals surface area contributed by atoms with Crippen molar-refractivity contribution in [3.63, 3.8) is 0 Å². The van der Waals surface area contributed by atoms with Gasteiger partial charge < -0.3 is 14.8 Å². The number of thiophene rings is 1. The topological polar surface area (TPSA) is 59.6 Å². The lowest BCUT2D eigenvalue weighted by Crippen LogP contribution is -2.40. The SMILES string of the molecule is C[C@H](N[C@@H](c1ccccc1)c1cccs1)C(=O)Nc1ccc2c(c1)OCO2. The van der Waals surface area contributed by atoms with Crippen molar-refractivity contribution in [3.8, 4) is 11.5 Å². The molecule has 1 amide bonds. The third-order valence-electron chi connectivity index (χ3n) is 4.41. The summed E-state index contributed by atoms with van der Waals surface area (Å²) in [6.07, 6.45) is 0. The van der Waals surface area contributed by atoms with E-state index in [1.807, 2.05) is 42.6 Å². The number of hydrogen-bond acceptors (Lipinski definition) is 5. The van der Waals surface area contributed by atoms with Crippen LogP contribution in [0.1, 0.15) is 23.4 Å². The summed E-state index contributed by atoms with van der Waals surface area (Å²) in [6, 6.07) is 19.2. The first kappa shape index (κ1) is 17.6. The normalized spacial score (nSPS) is 14.6. The molecule has 0 fully saturated rings. The van der Waals surface area contributed by atoms with Gasteiger partial charge in [0.05, 0.1) is 12.1 Å². The van der Waals surface area contributed by atoms with Gasteiger partial charge in [0.1, 0.15) is 0 Å². The van der Waals surface area contributed by atoms with Crippen molar-refractivity contribution in [2.45, 2.75) is 19.0 Å². The third kappa shape index (κ3) is 3.97. The van der Waals surface area contributed by atoms with Crippen molar-refractivity contribution in [2.75, 3.05) is 12.1 Å². The van der Waals surface area contributed by atoms with E-state index < -0.39 is 0 Å². The van der Waals surface area contributed by atoms with E-state index in [2.05, 4.69) is 28.8 Å². The summed E-state index contributed by atoms with van der Waals surface area (Å²) in [5.74, 6) is 1.24. The summed E-state index contributed by atoms with van der Waals surface area (Å²) in [4.78, 5) is 13.9. The van der Waals surface area contributed by atoms with Crippen molar-refractivity contribution >= 4 is 22.9 Å². The van der Waals surface area contributed by atoms with E-state index in [4.69, 9.17) is 9.47 Å². The predicted octanol–water partition coefficient (Wildman–Crippen LogP) is 4.18. The molecular weight excluding hydrogens is 360 g/mol. The highest BCUT2D eigenvalue weighted by Gasteiger charge is 2.22. The second-order valence-electron chi connectivity index (χ2n) is 6.30. The first-order valence-electron chi connectivity index (χ1n) is 8.75. The van der Waals surface area contributed by atoms with Gasteiger partial charge in [0.2, 0.25) is 12.7 Å². The minimum Gasteiger partial charge on any atom is -0.454 e. The van der Waals surface area contributed by atoms with Crippen molar-refractivity contribution in [1.82, 2.24) is 5.32 Å². The Morgan fingerprint density at radius 2 is 1.85 bits per heavy atom. The molecule has 2 atom stereocenters. The van der Waals surface area contributed by atoms with Gasteiger partial charge in [-0.2, -0.15) is 0 Å². The fourth-order valence-electron chi connectivity index (χ4n) is 2.99. The first-order chi connectivity index (χ1) is 13.2. The second kappa shape index (κ2) is 7.82. The average molecular weight is 380 g/mol. The lowest BCUT2D eigenvalue weighted by atomic mass is 10.0. The van der Waals surface area contributed by atoms with Crippen molar-refractivity contribution < 1.29 is 14.3 Å². The van der Waals surface area contributed by atoms with E-state index in [9.17, 15) is 4.79 Å². The quantitative estimate of drug-likeness (QED) is 0.673. The molecule has 0 saturated carbocycles. The number of fused-ring (bicyclic) bond motifs is 1. The van der Waals surface area contributed by atoms with E-state index in [0.717, 1.165) is 5.56 Å². The standard InChI is InChI=1S/C21H20N2O3S/c1-14(21(24)23-16-9-10-17-18(12-16)26-13-25-17)22-20(19-8-5-11-27-19)15-6-3-2-4-7-15/h2-12,14,20,22H,13H2,1H3,(H,23,24)/t14-,20-/m0/s1. The Morgan fingerprint density at radius 3 is 2.63 bits per heavy atom. The van der Waals surface area contributed by atoms with Crippen LogP contribution in [0.4, 0.5) is 5.69 Å². The number of carbonyl (C=O) groups excluding carboxylic acids is 1. The molecule has 0 spiro atoms. The third-order valence-corrected chi connectivity index (χ3v) is 5.35. The van der Waals surface area contributed by atoms with Crippen LogP contribution < -0.4 is 20.1 Å². The molecule has 2 aromatic carbocycles. The summed E-state index contributed by atoms with van der Waals surface area (Å²) in [5.41, 5.74) is 1.81. The predicted molar refractivity (Wildman–Crippen MR) is 106 cm³/mol. The van der Waals surface area contributed by atoms with Crippen LogP contribution in [0.15, 0.2) is 66.0 Å². The van der Waals surface area contributed by atoms with Crippen molar-refractivity contribution in [1.29, 1.82) is 0 Å². The molecule has 0 bridgehead atoms. The molecular formula is C21H20N2O3S. The van der Waals surface area contributed by atoms with Gasteiger partial charge in [-0.3, -0.25) is 10.1 Å². The average Bonchev–Trinajstić information content (AvgIpc) is 3.38. The highest BCUT2D eigenvalue weighted by molar-refractivity contribution is 7.10. The number of amides is 1. The van der Waals surface area contributed by atoms with Crippen LogP contribution >= 0.6 is 11.3 Å². The Balaban J connectivity index is 1.47. The molecule has 1 aliphatic rings. The lowest BCUT2D eigenvalue weighted by molar-refractivity contribution is -0.117. The Bertz CT molecular complexity index is 912. The molecule has 0 radical (unpaired) electrons. The highest BCUT2D eigenvalue weighted by atomic mass is 32.1. The van der Waals surface area contributed by atoms with Crippen LogP contribution in [0.25, 0.3) is 0 Å². The summed E-state index contributed by atoms with van der Waals surface area (Å²) < 4.78 is 10.7. The molecule has 2 N–H and O–H groups in total. The van der Waals surface area contributed by atoms with Crippen LogP contribution in [-0.4, -0.2) is 18.7 Å². The maximum atomic E-state index is 12.7. The van der Waals surface area contributed by atoms with E-state index in [1.54, 1.807) is 23.5 Å². The molecule has 0 aliphatic carbocycles. The Kier molecular flexibility index (Phi) is 5.09. The number of carbonyl (C=O) groups is 1. The van der Waals surface area contributed by atoms with Gasteiger partial charge in [0.25, 0.3) is 0 Å². The molecule has 1 aromatic heterocycles. The Morgan fingerprint density at radius 1 is 1.04 bits per heavy atom. The van der Waals surface area contributed by atoms with Gasteiger partial charge in [0, 0.05) is 16.6 Å². The molecule has 1 aliphatic heterocycles. The molecule has 5 nitrogen and oxygen atoms in total. The second-order valence-corrected chi connectivity index (χ2v) is 7.28. The van der Waals surface area contributed by atoms with Crippen molar-refractivity contribution in [3.05, 3.63) is 76.5 Å². The van der Waals surface area contributed by atoms with E-state index in [0.29, 0.717) is 17.2 Å². The van der Waals surface area contributed by atoms with Crippen LogP contribution in [-0.2, 0) is 4.79 Å². The van der Waals surface area contributed by atoms with E-state index >= 15 is 0 Å². The van der Waals surface area contributed by atoms with Gasteiger partial charge in [-0.15, -0.1) is 11.3 Å². The van der Waals surface area contributed by atoms with Crippen molar-refractivity contribution in [2.24, 2.45) is 0 Å². The summed E-state index contributed by atoms with van der Waals surface area (Å²) in [7, 11) is 0. The van der Waals surface area contributed by atoms with Crippen LogP contribution in [0, 0.1) is 0 Å². The van der Waals surface area contributed by atoms with Gasteiger partial charge in [-0.05, 0) is 36.1 Å². The van der Waals surface area contributed by atoms with Gasteiger partial charge in [-0.25, -0.2) is 0 Å². The molecule has 0 saturated heterocycles. The number of benzene rings is 2. The zero-order valence-electron chi connectivity index (χ0n) is 14.8. The summed E-state index contributed by atoms with van der Waals surface area (Å²) in [6.45, 7) is 2.08. The Labute approximate surface area is 161 Å². The maximum absolute atomic E-state index is 12.7. The van der Waals surface area contributed by atoms with Crippen LogP contribution in [0.3, 0.4) is 0 Å².